The molecule has 0 aliphatic rings. The van der Waals surface area contributed by atoms with Gasteiger partial charge in [0.1, 0.15) is 0 Å². The molecule has 0 aliphatic heterocycles. The van der Waals surface area contributed by atoms with Crippen LogP contribution < -0.4 is 0 Å². The zero-order chi connectivity index (χ0) is 15.1. The highest BCUT2D eigenvalue weighted by Gasteiger charge is 2.00. The first kappa shape index (κ1) is 21.2. The molecule has 0 aromatic rings. The van der Waals surface area contributed by atoms with Gasteiger partial charge in [-0.2, -0.15) is 0 Å². The van der Waals surface area contributed by atoms with Gasteiger partial charge in [-0.15, -0.1) is 0 Å². The van der Waals surface area contributed by atoms with E-state index in [1.807, 2.05) is 6.92 Å². The predicted octanol–water partition coefficient (Wildman–Crippen LogP) is 0.898. The monoisotopic (exact) mass is 266 g/mol. The fourth-order valence-electron chi connectivity index (χ4n) is 0.428. The van der Waals surface area contributed by atoms with Crippen LogP contribution in [0.25, 0.3) is 0 Å². The van der Waals surface area contributed by atoms with E-state index in [0.29, 0.717) is 6.42 Å². The van der Waals surface area contributed by atoms with Crippen molar-refractivity contribution in [2.75, 3.05) is 0 Å². The Labute approximate surface area is 104 Å². The van der Waals surface area contributed by atoms with Crippen LogP contribution in [0.5, 0.6) is 0 Å². The highest BCUT2D eigenvalue weighted by Crippen LogP contribution is 1.86. The van der Waals surface area contributed by atoms with Gasteiger partial charge in [-0.05, 0) is 6.42 Å². The van der Waals surface area contributed by atoms with Crippen molar-refractivity contribution in [1.29, 1.82) is 0 Å². The largest absolute Gasteiger partial charge is 0.481 e. The molecule has 8 heteroatoms. The van der Waals surface area contributed by atoms with E-state index in [-0.39, 0.29) is 12.8 Å². The van der Waals surface area contributed by atoms with Crippen molar-refractivity contribution in [3.8, 4) is 0 Å². The third-order valence-corrected chi connectivity index (χ3v) is 1.02. The minimum atomic E-state index is -1.08. The minimum absolute atomic E-state index is 0.292. The Morgan fingerprint density at radius 1 is 0.722 bits per heavy atom. The number of carboxylic acid groups (broad SMARTS) is 4. The second-order valence-electron chi connectivity index (χ2n) is 2.95. The lowest BCUT2D eigenvalue weighted by molar-refractivity contribution is -0.143. The molecule has 0 fully saturated rings. The Kier molecular flexibility index (Phi) is 17.5. The highest BCUT2D eigenvalue weighted by atomic mass is 16.4. The summed E-state index contributed by atoms with van der Waals surface area (Å²) in [6.07, 6.45) is 0.431. The molecular weight excluding hydrogens is 248 g/mol. The molecule has 0 rings (SSSR count). The molecule has 0 aromatic heterocycles. The average molecular weight is 266 g/mol. The van der Waals surface area contributed by atoms with Crippen LogP contribution in [-0.2, 0) is 19.2 Å². The van der Waals surface area contributed by atoms with Gasteiger partial charge in [0.25, 0.3) is 5.97 Å². The molecule has 0 radical (unpaired) electrons. The van der Waals surface area contributed by atoms with Gasteiger partial charge in [0.05, 0.1) is 12.8 Å². The maximum atomic E-state index is 9.64. The topological polar surface area (TPSA) is 149 Å². The smallest absolute Gasteiger partial charge is 0.303 e. The van der Waals surface area contributed by atoms with E-state index in [1.165, 1.54) is 0 Å². The van der Waals surface area contributed by atoms with Crippen molar-refractivity contribution in [3.05, 3.63) is 0 Å². The molecule has 0 aliphatic carbocycles. The Balaban J connectivity index is -0.000000200. The number of carboxylic acids is 4. The van der Waals surface area contributed by atoms with Crippen molar-refractivity contribution >= 4 is 23.9 Å². The van der Waals surface area contributed by atoms with Gasteiger partial charge in [-0.25, -0.2) is 0 Å². The lowest BCUT2D eigenvalue weighted by Gasteiger charge is -1.85. The summed E-state index contributed by atoms with van der Waals surface area (Å²) in [6, 6.07) is 0. The zero-order valence-electron chi connectivity index (χ0n) is 10.3. The van der Waals surface area contributed by atoms with Crippen LogP contribution in [0.3, 0.4) is 0 Å². The van der Waals surface area contributed by atoms with Crippen LogP contribution in [0.1, 0.15) is 39.5 Å². The molecule has 0 atom stereocenters. The van der Waals surface area contributed by atoms with E-state index in [4.69, 9.17) is 25.2 Å². The van der Waals surface area contributed by atoms with Crippen LogP contribution in [0.15, 0.2) is 0 Å². The molecule has 8 nitrogen and oxygen atoms in total. The SMILES string of the molecule is CC(=O)O.CCCC(=O)O.O=C(O)CCC(=O)O. The Hall–Kier alpha value is -2.12. The number of rotatable bonds is 5. The fraction of sp³-hybridized carbons (Fsp3) is 0.600. The molecule has 0 saturated carbocycles. The van der Waals surface area contributed by atoms with Gasteiger partial charge in [0, 0.05) is 13.3 Å². The third kappa shape index (κ3) is 66.6. The van der Waals surface area contributed by atoms with Gasteiger partial charge in [0.2, 0.25) is 0 Å². The standard InChI is InChI=1S/C4H6O4.C4H8O2.C2H4O2/c5-3(6)1-2-4(7)8;1-2-3-4(5)6;1-2(3)4/h1-2H2,(H,5,6)(H,7,8);2-3H2,1H3,(H,5,6);1H3,(H,3,4). The first-order valence-electron chi connectivity index (χ1n) is 4.98. The van der Waals surface area contributed by atoms with Gasteiger partial charge in [-0.3, -0.25) is 19.2 Å². The molecule has 0 bridgehead atoms. The van der Waals surface area contributed by atoms with Crippen molar-refractivity contribution in [3.63, 3.8) is 0 Å². The van der Waals surface area contributed by atoms with E-state index >= 15 is 0 Å². The normalized spacial score (nSPS) is 7.89. The maximum Gasteiger partial charge on any atom is 0.303 e. The summed E-state index contributed by atoms with van der Waals surface area (Å²) >= 11 is 0. The summed E-state index contributed by atoms with van der Waals surface area (Å²) in [4.78, 5) is 37.9. The molecule has 0 spiro atoms. The van der Waals surface area contributed by atoms with E-state index in [9.17, 15) is 14.4 Å². The van der Waals surface area contributed by atoms with Crippen molar-refractivity contribution < 1.29 is 39.6 Å². The summed E-state index contributed by atoms with van der Waals surface area (Å²) in [5.41, 5.74) is 0. The van der Waals surface area contributed by atoms with Crippen LogP contribution >= 0.6 is 0 Å². The molecule has 0 amide bonds. The summed E-state index contributed by atoms with van der Waals surface area (Å²) < 4.78 is 0. The molecule has 106 valence electrons. The second kappa shape index (κ2) is 14.9. The maximum absolute atomic E-state index is 9.64. The first-order valence-corrected chi connectivity index (χ1v) is 4.98. The summed E-state index contributed by atoms with van der Waals surface area (Å²) in [6.45, 7) is 2.92. The predicted molar refractivity (Wildman–Crippen MR) is 60.4 cm³/mol. The number of aliphatic carboxylic acids is 4. The van der Waals surface area contributed by atoms with Crippen molar-refractivity contribution in [2.24, 2.45) is 0 Å². The Morgan fingerprint density at radius 3 is 1.00 bits per heavy atom. The average Bonchev–Trinajstić information content (AvgIpc) is 2.14. The van der Waals surface area contributed by atoms with E-state index in [2.05, 4.69) is 0 Å². The Bertz CT molecular complexity index is 253. The van der Waals surface area contributed by atoms with Gasteiger partial charge < -0.3 is 20.4 Å². The van der Waals surface area contributed by atoms with Crippen LogP contribution in [-0.4, -0.2) is 44.3 Å². The molecular formula is C10H18O8. The van der Waals surface area contributed by atoms with Crippen LogP contribution in [0.4, 0.5) is 0 Å². The molecule has 4 N–H and O–H groups in total. The zero-order valence-corrected chi connectivity index (χ0v) is 10.3. The molecule has 0 aromatic carbocycles. The summed E-state index contributed by atoms with van der Waals surface area (Å²) in [7, 11) is 0. The van der Waals surface area contributed by atoms with Crippen LogP contribution in [0, 0.1) is 0 Å². The highest BCUT2D eigenvalue weighted by molar-refractivity contribution is 5.75. The van der Waals surface area contributed by atoms with Crippen LogP contribution in [0.2, 0.25) is 0 Å². The lowest BCUT2D eigenvalue weighted by Crippen LogP contribution is -2.00. The van der Waals surface area contributed by atoms with Crippen molar-refractivity contribution in [1.82, 2.24) is 0 Å². The first-order chi connectivity index (χ1) is 8.13. The Morgan fingerprint density at radius 2 is 0.944 bits per heavy atom. The van der Waals surface area contributed by atoms with E-state index in [0.717, 1.165) is 13.3 Å². The van der Waals surface area contributed by atoms with E-state index in [1.54, 1.807) is 0 Å². The fourth-order valence-corrected chi connectivity index (χ4v) is 0.428. The molecule has 0 heterocycles. The van der Waals surface area contributed by atoms with E-state index < -0.39 is 23.9 Å². The molecule has 18 heavy (non-hydrogen) atoms. The third-order valence-electron chi connectivity index (χ3n) is 1.02. The number of carbonyl (C=O) groups is 4. The van der Waals surface area contributed by atoms with Gasteiger partial charge >= 0.3 is 17.9 Å². The minimum Gasteiger partial charge on any atom is -0.481 e. The molecule has 0 saturated heterocycles. The second-order valence-corrected chi connectivity index (χ2v) is 2.95. The molecule has 0 unspecified atom stereocenters. The number of hydrogen-bond acceptors (Lipinski definition) is 4. The van der Waals surface area contributed by atoms with Gasteiger partial charge in [-0.1, -0.05) is 6.92 Å². The number of hydrogen-bond donors (Lipinski definition) is 4. The van der Waals surface area contributed by atoms with Gasteiger partial charge in [0.15, 0.2) is 0 Å². The quantitative estimate of drug-likeness (QED) is 0.573. The lowest BCUT2D eigenvalue weighted by atomic mass is 10.3. The summed E-state index contributed by atoms with van der Waals surface area (Å²) in [5, 5.41) is 31.1. The summed E-state index contributed by atoms with van der Waals surface area (Å²) in [5.74, 6) is -3.70. The van der Waals surface area contributed by atoms with Crippen molar-refractivity contribution in [2.45, 2.75) is 39.5 Å².